The van der Waals surface area contributed by atoms with E-state index in [1.54, 1.807) is 16.0 Å². The van der Waals surface area contributed by atoms with E-state index in [-0.39, 0.29) is 11.9 Å². The number of hydrogen-bond acceptors (Lipinski definition) is 3. The lowest BCUT2D eigenvalue weighted by Crippen LogP contribution is -2.30. The highest BCUT2D eigenvalue weighted by Gasteiger charge is 2.19. The van der Waals surface area contributed by atoms with Gasteiger partial charge >= 0.3 is 0 Å². The third-order valence-corrected chi connectivity index (χ3v) is 4.58. The van der Waals surface area contributed by atoms with Crippen molar-refractivity contribution in [1.82, 2.24) is 15.1 Å². The molecule has 118 valence electrons. The Bertz CT molecular complexity index is 781. The number of nitrogens with one attached hydrogen (secondary N) is 1. The van der Waals surface area contributed by atoms with Crippen molar-refractivity contribution in [3.8, 4) is 0 Å². The van der Waals surface area contributed by atoms with Crippen LogP contribution in [-0.4, -0.2) is 15.7 Å². The topological polar surface area (TPSA) is 46.9 Å². The first-order chi connectivity index (χ1) is 11.1. The first-order valence-corrected chi connectivity index (χ1v) is 8.44. The second kappa shape index (κ2) is 6.98. The van der Waals surface area contributed by atoms with Crippen LogP contribution in [0, 0.1) is 0 Å². The Morgan fingerprint density at radius 2 is 2.09 bits per heavy atom. The predicted molar refractivity (Wildman–Crippen MR) is 92.7 cm³/mol. The lowest BCUT2D eigenvalue weighted by atomic mass is 10.0. The molecule has 6 heteroatoms. The quantitative estimate of drug-likeness (QED) is 0.768. The number of carbonyl (C=O) groups is 1. The van der Waals surface area contributed by atoms with Crippen molar-refractivity contribution in [2.75, 3.05) is 0 Å². The van der Waals surface area contributed by atoms with Gasteiger partial charge in [-0.05, 0) is 35.2 Å². The average Bonchev–Trinajstić information content (AvgIpc) is 3.17. The molecular formula is C17H16ClN3OS. The Morgan fingerprint density at radius 3 is 2.70 bits per heavy atom. The highest BCUT2D eigenvalue weighted by molar-refractivity contribution is 7.10. The van der Waals surface area contributed by atoms with Crippen molar-refractivity contribution < 1.29 is 4.79 Å². The molecule has 3 rings (SSSR count). The van der Waals surface area contributed by atoms with Gasteiger partial charge in [-0.15, -0.1) is 11.3 Å². The summed E-state index contributed by atoms with van der Waals surface area (Å²) < 4.78 is 1.73. The number of nitrogens with zero attached hydrogens (tertiary/aromatic N) is 2. The van der Waals surface area contributed by atoms with Gasteiger partial charge in [-0.1, -0.05) is 29.8 Å². The van der Waals surface area contributed by atoms with Crippen LogP contribution in [0.3, 0.4) is 0 Å². The highest BCUT2D eigenvalue weighted by atomic mass is 35.5. The first kappa shape index (κ1) is 15.8. The molecule has 0 fully saturated rings. The van der Waals surface area contributed by atoms with E-state index in [2.05, 4.69) is 10.4 Å². The normalized spacial score (nSPS) is 12.1. The summed E-state index contributed by atoms with van der Waals surface area (Å²) in [6, 6.07) is 13.0. The zero-order chi connectivity index (χ0) is 16.2. The van der Waals surface area contributed by atoms with E-state index in [1.807, 2.05) is 61.1 Å². The number of rotatable bonds is 5. The van der Waals surface area contributed by atoms with Crippen LogP contribution in [0.1, 0.15) is 22.2 Å². The van der Waals surface area contributed by atoms with Crippen LogP contribution < -0.4 is 5.32 Å². The van der Waals surface area contributed by atoms with E-state index >= 15 is 0 Å². The third kappa shape index (κ3) is 4.00. The lowest BCUT2D eigenvalue weighted by molar-refractivity contribution is -0.120. The number of amides is 1. The van der Waals surface area contributed by atoms with Crippen molar-refractivity contribution in [3.63, 3.8) is 0 Å². The average molecular weight is 346 g/mol. The van der Waals surface area contributed by atoms with Gasteiger partial charge in [0.1, 0.15) is 0 Å². The molecule has 0 spiro atoms. The second-order valence-corrected chi connectivity index (χ2v) is 6.69. The Kier molecular flexibility index (Phi) is 4.79. The molecule has 2 heterocycles. The van der Waals surface area contributed by atoms with Gasteiger partial charge < -0.3 is 5.32 Å². The molecule has 0 aliphatic carbocycles. The zero-order valence-corrected chi connectivity index (χ0v) is 14.1. The van der Waals surface area contributed by atoms with E-state index in [1.165, 1.54) is 0 Å². The van der Waals surface area contributed by atoms with Gasteiger partial charge in [-0.25, -0.2) is 0 Å². The SMILES string of the molecule is Cn1ccc(C(NC(=O)Cc2cccs2)c2ccc(Cl)cc2)n1. The summed E-state index contributed by atoms with van der Waals surface area (Å²) in [6.07, 6.45) is 2.23. The number of carbonyl (C=O) groups excluding carboxylic acids is 1. The predicted octanol–water partition coefficient (Wildman–Crippen LogP) is 3.58. The molecule has 0 aliphatic heterocycles. The molecule has 1 N–H and O–H groups in total. The van der Waals surface area contributed by atoms with Gasteiger partial charge in [0.2, 0.25) is 5.91 Å². The smallest absolute Gasteiger partial charge is 0.226 e. The van der Waals surface area contributed by atoms with Crippen molar-refractivity contribution in [2.24, 2.45) is 7.05 Å². The van der Waals surface area contributed by atoms with Crippen molar-refractivity contribution in [3.05, 3.63) is 75.2 Å². The summed E-state index contributed by atoms with van der Waals surface area (Å²) in [4.78, 5) is 13.4. The van der Waals surface area contributed by atoms with Crippen LogP contribution in [-0.2, 0) is 18.3 Å². The summed E-state index contributed by atoms with van der Waals surface area (Å²) >= 11 is 7.54. The Morgan fingerprint density at radius 1 is 1.30 bits per heavy atom. The Labute approximate surface area is 143 Å². The minimum atomic E-state index is -0.291. The molecule has 1 aromatic carbocycles. The molecule has 1 amide bonds. The molecule has 23 heavy (non-hydrogen) atoms. The molecule has 0 radical (unpaired) electrons. The summed E-state index contributed by atoms with van der Waals surface area (Å²) in [6.45, 7) is 0. The molecule has 0 bridgehead atoms. The Hall–Kier alpha value is -2.11. The third-order valence-electron chi connectivity index (χ3n) is 3.45. The molecule has 1 unspecified atom stereocenters. The molecule has 2 aromatic heterocycles. The van der Waals surface area contributed by atoms with Gasteiger partial charge in [0.05, 0.1) is 18.2 Å². The maximum absolute atomic E-state index is 12.4. The number of hydrogen-bond donors (Lipinski definition) is 1. The standard InChI is InChI=1S/C17H16ClN3OS/c1-21-9-8-15(20-21)17(12-4-6-13(18)7-5-12)19-16(22)11-14-3-2-10-23-14/h2-10,17H,11H2,1H3,(H,19,22). The molecular weight excluding hydrogens is 330 g/mol. The molecule has 0 saturated carbocycles. The number of halogens is 1. The maximum atomic E-state index is 12.4. The van der Waals surface area contributed by atoms with Crippen LogP contribution in [0.4, 0.5) is 0 Å². The van der Waals surface area contributed by atoms with Crippen LogP contribution >= 0.6 is 22.9 Å². The van der Waals surface area contributed by atoms with Crippen LogP contribution in [0.25, 0.3) is 0 Å². The highest BCUT2D eigenvalue weighted by Crippen LogP contribution is 2.22. The summed E-state index contributed by atoms with van der Waals surface area (Å²) in [7, 11) is 1.86. The molecule has 0 saturated heterocycles. The van der Waals surface area contributed by atoms with Gasteiger partial charge in [-0.2, -0.15) is 5.10 Å². The Balaban J connectivity index is 1.83. The van der Waals surface area contributed by atoms with Crippen molar-refractivity contribution in [1.29, 1.82) is 0 Å². The van der Waals surface area contributed by atoms with Gasteiger partial charge in [0, 0.05) is 23.1 Å². The van der Waals surface area contributed by atoms with Crippen molar-refractivity contribution in [2.45, 2.75) is 12.5 Å². The van der Waals surface area contributed by atoms with E-state index < -0.39 is 0 Å². The first-order valence-electron chi connectivity index (χ1n) is 7.18. The van der Waals surface area contributed by atoms with Crippen LogP contribution in [0.5, 0.6) is 0 Å². The molecule has 1 atom stereocenters. The number of benzene rings is 1. The summed E-state index contributed by atoms with van der Waals surface area (Å²) in [5, 5.41) is 10.1. The second-order valence-electron chi connectivity index (χ2n) is 5.22. The van der Waals surface area contributed by atoms with Gasteiger partial charge in [-0.3, -0.25) is 9.48 Å². The fraction of sp³-hybridized carbons (Fsp3) is 0.176. The summed E-state index contributed by atoms with van der Waals surface area (Å²) in [5.74, 6) is -0.0296. The number of thiophene rings is 1. The van der Waals surface area contributed by atoms with Crippen LogP contribution in [0.15, 0.2) is 54.0 Å². The lowest BCUT2D eigenvalue weighted by Gasteiger charge is -2.17. The zero-order valence-electron chi connectivity index (χ0n) is 12.6. The van der Waals surface area contributed by atoms with E-state index in [0.29, 0.717) is 11.4 Å². The minimum absolute atomic E-state index is 0.0296. The minimum Gasteiger partial charge on any atom is -0.343 e. The molecule has 4 nitrogen and oxygen atoms in total. The van der Waals surface area contributed by atoms with Crippen LogP contribution in [0.2, 0.25) is 5.02 Å². The number of aryl methyl sites for hydroxylation is 1. The molecule has 3 aromatic rings. The summed E-state index contributed by atoms with van der Waals surface area (Å²) in [5.41, 5.74) is 1.75. The fourth-order valence-corrected chi connectivity index (χ4v) is 3.18. The van der Waals surface area contributed by atoms with E-state index in [9.17, 15) is 4.79 Å². The largest absolute Gasteiger partial charge is 0.343 e. The van der Waals surface area contributed by atoms with Gasteiger partial charge in [0.15, 0.2) is 0 Å². The monoisotopic (exact) mass is 345 g/mol. The fourth-order valence-electron chi connectivity index (χ4n) is 2.35. The molecule has 0 aliphatic rings. The van der Waals surface area contributed by atoms with E-state index in [4.69, 9.17) is 11.6 Å². The van der Waals surface area contributed by atoms with Crippen molar-refractivity contribution >= 4 is 28.8 Å². The van der Waals surface area contributed by atoms with E-state index in [0.717, 1.165) is 16.1 Å². The maximum Gasteiger partial charge on any atom is 0.226 e. The van der Waals surface area contributed by atoms with Gasteiger partial charge in [0.25, 0.3) is 0 Å². The number of aromatic nitrogens is 2.